The van der Waals surface area contributed by atoms with E-state index in [-0.39, 0.29) is 18.1 Å². The van der Waals surface area contributed by atoms with Crippen LogP contribution in [0.1, 0.15) is 42.1 Å². The van der Waals surface area contributed by atoms with Crippen LogP contribution >= 0.6 is 11.6 Å². The molecule has 1 amide bonds. The van der Waals surface area contributed by atoms with Crippen molar-refractivity contribution >= 4 is 17.5 Å². The predicted molar refractivity (Wildman–Crippen MR) is 88.5 cm³/mol. The Labute approximate surface area is 140 Å². The number of aromatic nitrogens is 2. The number of hydrogen-bond donors (Lipinski definition) is 1. The highest BCUT2D eigenvalue weighted by molar-refractivity contribution is 6.30. The van der Waals surface area contributed by atoms with Crippen molar-refractivity contribution in [2.45, 2.75) is 38.5 Å². The monoisotopic (exact) mass is 333 g/mol. The summed E-state index contributed by atoms with van der Waals surface area (Å²) in [5.41, 5.74) is 0.556. The van der Waals surface area contributed by atoms with Crippen LogP contribution in [0.2, 0.25) is 5.02 Å². The molecule has 0 radical (unpaired) electrons. The zero-order valence-corrected chi connectivity index (χ0v) is 13.8. The van der Waals surface area contributed by atoms with Gasteiger partial charge in [-0.3, -0.25) is 4.79 Å². The quantitative estimate of drug-likeness (QED) is 0.934. The average Bonchev–Trinajstić information content (AvgIpc) is 3.04. The molecule has 1 aromatic heterocycles. The molecule has 0 aliphatic carbocycles. The number of aryl methyl sites for hydroxylation is 1. The third-order valence-corrected chi connectivity index (χ3v) is 4.30. The second-order valence-corrected chi connectivity index (χ2v) is 6.03. The number of rotatable bonds is 4. The lowest BCUT2D eigenvalue weighted by atomic mass is 10.0. The van der Waals surface area contributed by atoms with Gasteiger partial charge in [-0.2, -0.15) is 0 Å². The second-order valence-electron chi connectivity index (χ2n) is 5.60. The van der Waals surface area contributed by atoms with Crippen molar-refractivity contribution in [3.8, 4) is 0 Å². The van der Waals surface area contributed by atoms with Crippen molar-refractivity contribution < 1.29 is 9.53 Å². The summed E-state index contributed by atoms with van der Waals surface area (Å²) in [6.07, 6.45) is 5.27. The van der Waals surface area contributed by atoms with Crippen molar-refractivity contribution in [1.82, 2.24) is 14.9 Å². The maximum absolute atomic E-state index is 12.5. The molecule has 23 heavy (non-hydrogen) atoms. The molecule has 0 spiro atoms. The molecule has 6 heteroatoms. The molecule has 1 fully saturated rings. The van der Waals surface area contributed by atoms with Gasteiger partial charge in [0.15, 0.2) is 0 Å². The standard InChI is InChI=1S/C17H20ClN3O2/c1-2-21-9-8-19-16(21)15-14(7-4-10-23-15)20-17(22)12-5-3-6-13(18)11-12/h3,5-6,8-9,11,14-15H,2,4,7,10H2,1H3,(H,20,22)/t14-,15-/m1/s1. The molecule has 1 aliphatic heterocycles. The molecular weight excluding hydrogens is 314 g/mol. The summed E-state index contributed by atoms with van der Waals surface area (Å²) in [5, 5.41) is 3.63. The molecule has 2 heterocycles. The van der Waals surface area contributed by atoms with E-state index in [4.69, 9.17) is 16.3 Å². The van der Waals surface area contributed by atoms with Gasteiger partial charge < -0.3 is 14.6 Å². The predicted octanol–water partition coefficient (Wildman–Crippen LogP) is 3.21. The topological polar surface area (TPSA) is 56.1 Å². The van der Waals surface area contributed by atoms with E-state index in [1.54, 1.807) is 30.5 Å². The van der Waals surface area contributed by atoms with Gasteiger partial charge in [0.25, 0.3) is 5.91 Å². The van der Waals surface area contributed by atoms with Gasteiger partial charge in [-0.1, -0.05) is 17.7 Å². The number of halogens is 1. The Bertz CT molecular complexity index is 686. The maximum atomic E-state index is 12.5. The second kappa shape index (κ2) is 7.15. The molecule has 0 bridgehead atoms. The highest BCUT2D eigenvalue weighted by atomic mass is 35.5. The minimum Gasteiger partial charge on any atom is -0.368 e. The van der Waals surface area contributed by atoms with E-state index >= 15 is 0 Å². The number of carbonyl (C=O) groups is 1. The number of nitrogens with zero attached hydrogens (tertiary/aromatic N) is 2. The number of hydrogen-bond acceptors (Lipinski definition) is 3. The van der Waals surface area contributed by atoms with Gasteiger partial charge >= 0.3 is 0 Å². The van der Waals surface area contributed by atoms with Crippen LogP contribution in [0.25, 0.3) is 0 Å². The van der Waals surface area contributed by atoms with E-state index in [0.29, 0.717) is 17.2 Å². The number of benzene rings is 1. The minimum atomic E-state index is -0.221. The fourth-order valence-electron chi connectivity index (χ4n) is 2.91. The first kappa shape index (κ1) is 16.0. The van der Waals surface area contributed by atoms with Crippen LogP contribution in [-0.4, -0.2) is 28.1 Å². The molecule has 2 aromatic rings. The molecule has 0 saturated carbocycles. The Hall–Kier alpha value is -1.85. The Kier molecular flexibility index (Phi) is 4.98. The normalized spacial score (nSPS) is 21.1. The van der Waals surface area contributed by atoms with E-state index < -0.39 is 0 Å². The van der Waals surface area contributed by atoms with E-state index in [9.17, 15) is 4.79 Å². The lowest BCUT2D eigenvalue weighted by Crippen LogP contribution is -2.43. The Morgan fingerprint density at radius 2 is 2.39 bits per heavy atom. The summed E-state index contributed by atoms with van der Waals surface area (Å²) < 4.78 is 7.96. The molecule has 1 aromatic carbocycles. The number of imidazole rings is 1. The molecule has 122 valence electrons. The summed E-state index contributed by atoms with van der Waals surface area (Å²) in [6.45, 7) is 3.57. The van der Waals surface area contributed by atoms with Gasteiger partial charge in [-0.15, -0.1) is 0 Å². The first-order valence-corrected chi connectivity index (χ1v) is 8.26. The Balaban J connectivity index is 1.78. The Morgan fingerprint density at radius 3 is 3.17 bits per heavy atom. The van der Waals surface area contributed by atoms with E-state index in [2.05, 4.69) is 21.8 Å². The smallest absolute Gasteiger partial charge is 0.251 e. The first-order valence-electron chi connectivity index (χ1n) is 7.88. The van der Waals surface area contributed by atoms with Gasteiger partial charge in [-0.25, -0.2) is 4.98 Å². The van der Waals surface area contributed by atoms with Crippen LogP contribution in [-0.2, 0) is 11.3 Å². The van der Waals surface area contributed by atoms with Crippen molar-refractivity contribution in [3.05, 3.63) is 53.1 Å². The lowest BCUT2D eigenvalue weighted by molar-refractivity contribution is -0.0163. The number of ether oxygens (including phenoxy) is 1. The van der Waals surface area contributed by atoms with Crippen LogP contribution in [0.3, 0.4) is 0 Å². The molecule has 2 atom stereocenters. The number of carbonyl (C=O) groups excluding carboxylic acids is 1. The maximum Gasteiger partial charge on any atom is 0.251 e. The first-order chi connectivity index (χ1) is 11.2. The van der Waals surface area contributed by atoms with Crippen molar-refractivity contribution in [3.63, 3.8) is 0 Å². The lowest BCUT2D eigenvalue weighted by Gasteiger charge is -2.32. The molecule has 1 aliphatic rings. The third-order valence-electron chi connectivity index (χ3n) is 4.07. The van der Waals surface area contributed by atoms with Gasteiger partial charge in [0.05, 0.1) is 6.04 Å². The van der Waals surface area contributed by atoms with Crippen LogP contribution in [0.15, 0.2) is 36.7 Å². The third kappa shape index (κ3) is 3.57. The molecule has 3 rings (SSSR count). The summed E-state index contributed by atoms with van der Waals surface area (Å²) in [4.78, 5) is 16.9. The highest BCUT2D eigenvalue weighted by Crippen LogP contribution is 2.28. The number of nitrogens with one attached hydrogen (secondary N) is 1. The fourth-order valence-corrected chi connectivity index (χ4v) is 3.10. The minimum absolute atomic E-state index is 0.0945. The summed E-state index contributed by atoms with van der Waals surface area (Å²) >= 11 is 5.96. The van der Waals surface area contributed by atoms with E-state index in [0.717, 1.165) is 25.2 Å². The van der Waals surface area contributed by atoms with E-state index in [1.165, 1.54) is 0 Å². The molecule has 0 unspecified atom stereocenters. The van der Waals surface area contributed by atoms with Gasteiger partial charge in [0.1, 0.15) is 11.9 Å². The largest absolute Gasteiger partial charge is 0.368 e. The summed E-state index contributed by atoms with van der Waals surface area (Å²) in [5.74, 6) is 0.728. The molecule has 1 N–H and O–H groups in total. The molecule has 1 saturated heterocycles. The van der Waals surface area contributed by atoms with Crippen LogP contribution in [0.5, 0.6) is 0 Å². The highest BCUT2D eigenvalue weighted by Gasteiger charge is 2.31. The van der Waals surface area contributed by atoms with Gasteiger partial charge in [-0.05, 0) is 38.0 Å². The van der Waals surface area contributed by atoms with Crippen molar-refractivity contribution in [1.29, 1.82) is 0 Å². The van der Waals surface area contributed by atoms with Crippen molar-refractivity contribution in [2.24, 2.45) is 0 Å². The molecule has 5 nitrogen and oxygen atoms in total. The van der Waals surface area contributed by atoms with Crippen LogP contribution < -0.4 is 5.32 Å². The Morgan fingerprint density at radius 1 is 1.52 bits per heavy atom. The van der Waals surface area contributed by atoms with Gasteiger partial charge in [0, 0.05) is 36.1 Å². The number of amides is 1. The summed E-state index contributed by atoms with van der Waals surface area (Å²) in [6, 6.07) is 6.86. The van der Waals surface area contributed by atoms with Gasteiger partial charge in [0.2, 0.25) is 0 Å². The molecular formula is C17H20ClN3O2. The zero-order chi connectivity index (χ0) is 16.2. The van der Waals surface area contributed by atoms with Crippen LogP contribution in [0, 0.1) is 0 Å². The van der Waals surface area contributed by atoms with E-state index in [1.807, 2.05) is 6.20 Å². The zero-order valence-electron chi connectivity index (χ0n) is 13.0. The summed E-state index contributed by atoms with van der Waals surface area (Å²) in [7, 11) is 0. The fraction of sp³-hybridized carbons (Fsp3) is 0.412. The van der Waals surface area contributed by atoms with Crippen LogP contribution in [0.4, 0.5) is 0 Å². The SMILES string of the molecule is CCn1ccnc1[C@@H]1OCCC[C@H]1NC(=O)c1cccc(Cl)c1. The average molecular weight is 334 g/mol. The van der Waals surface area contributed by atoms with Crippen molar-refractivity contribution in [2.75, 3.05) is 6.61 Å².